The van der Waals surface area contributed by atoms with Crippen LogP contribution in [0.5, 0.6) is 11.5 Å². The van der Waals surface area contributed by atoms with Crippen molar-refractivity contribution in [1.29, 1.82) is 0 Å². The molecule has 1 N–H and O–H groups in total. The van der Waals surface area contributed by atoms with Gasteiger partial charge in [-0.2, -0.15) is 5.10 Å². The minimum absolute atomic E-state index is 0.0239. The number of nitrogens with zero attached hydrogens (tertiary/aromatic N) is 1. The summed E-state index contributed by atoms with van der Waals surface area (Å²) in [5.41, 5.74) is 5.07. The highest BCUT2D eigenvalue weighted by molar-refractivity contribution is 6.04. The number of carbonyl (C=O) groups is 1. The first kappa shape index (κ1) is 18.7. The number of ether oxygens (including phenoxy) is 2. The Bertz CT molecular complexity index is 1040. The zero-order valence-corrected chi connectivity index (χ0v) is 15.5. The van der Waals surface area contributed by atoms with Crippen LogP contribution >= 0.6 is 0 Å². The molecule has 0 saturated heterocycles. The average molecular weight is 390 g/mol. The molecule has 1 unspecified atom stereocenters. The summed E-state index contributed by atoms with van der Waals surface area (Å²) in [6.07, 6.45) is 0.312. The van der Waals surface area contributed by atoms with Gasteiger partial charge >= 0.3 is 0 Å². The second-order valence-corrected chi connectivity index (χ2v) is 6.53. The van der Waals surface area contributed by atoms with Gasteiger partial charge < -0.3 is 9.47 Å². The number of hydrazone groups is 1. The number of amides is 1. The van der Waals surface area contributed by atoms with E-state index in [9.17, 15) is 9.18 Å². The predicted octanol–water partition coefficient (Wildman–Crippen LogP) is 4.25. The first-order valence-corrected chi connectivity index (χ1v) is 9.24. The lowest BCUT2D eigenvalue weighted by Crippen LogP contribution is -2.28. The van der Waals surface area contributed by atoms with Crippen LogP contribution in [0.2, 0.25) is 0 Å². The molecule has 0 saturated carbocycles. The number of hydrogen-bond acceptors (Lipinski definition) is 4. The minimum Gasteiger partial charge on any atom is -0.485 e. The summed E-state index contributed by atoms with van der Waals surface area (Å²) < 4.78 is 24.9. The summed E-state index contributed by atoms with van der Waals surface area (Å²) in [4.78, 5) is 12.1. The second kappa shape index (κ2) is 8.56. The summed E-state index contributed by atoms with van der Waals surface area (Å²) in [7, 11) is 0. The van der Waals surface area contributed by atoms with Crippen molar-refractivity contribution in [2.45, 2.75) is 12.5 Å². The molecule has 1 atom stereocenters. The standard InChI is InChI=1S/C23H19FN2O3/c24-18-11-5-7-13-21(18)28-15-23(27)26-25-19-14-22(16-8-2-1-3-9-16)29-20-12-6-4-10-17(19)20/h1-13,22H,14-15H2,(H,26,27). The molecule has 0 aromatic heterocycles. The van der Waals surface area contributed by atoms with Gasteiger partial charge in [0, 0.05) is 12.0 Å². The van der Waals surface area contributed by atoms with Crippen LogP contribution in [0.4, 0.5) is 4.39 Å². The number of rotatable bonds is 5. The van der Waals surface area contributed by atoms with Crippen LogP contribution in [0.25, 0.3) is 0 Å². The van der Waals surface area contributed by atoms with Gasteiger partial charge in [-0.1, -0.05) is 54.6 Å². The van der Waals surface area contributed by atoms with E-state index in [1.165, 1.54) is 12.1 Å². The lowest BCUT2D eigenvalue weighted by molar-refractivity contribution is -0.123. The van der Waals surface area contributed by atoms with Crippen molar-refractivity contribution in [3.05, 3.63) is 95.8 Å². The molecule has 1 amide bonds. The largest absolute Gasteiger partial charge is 0.485 e. The summed E-state index contributed by atoms with van der Waals surface area (Å²) >= 11 is 0. The van der Waals surface area contributed by atoms with E-state index < -0.39 is 11.7 Å². The van der Waals surface area contributed by atoms with Gasteiger partial charge in [-0.3, -0.25) is 4.79 Å². The smallest absolute Gasteiger partial charge is 0.277 e. The van der Waals surface area contributed by atoms with Crippen LogP contribution in [0.1, 0.15) is 23.7 Å². The third kappa shape index (κ3) is 4.43. The predicted molar refractivity (Wildman–Crippen MR) is 107 cm³/mol. The maximum absolute atomic E-state index is 13.6. The molecule has 3 aromatic rings. The van der Waals surface area contributed by atoms with E-state index in [1.54, 1.807) is 12.1 Å². The van der Waals surface area contributed by atoms with Crippen molar-refractivity contribution in [3.8, 4) is 11.5 Å². The Kier molecular flexibility index (Phi) is 5.52. The van der Waals surface area contributed by atoms with Crippen LogP contribution in [-0.4, -0.2) is 18.2 Å². The van der Waals surface area contributed by atoms with E-state index in [2.05, 4.69) is 10.5 Å². The van der Waals surface area contributed by atoms with Gasteiger partial charge in [-0.25, -0.2) is 9.82 Å². The van der Waals surface area contributed by atoms with Crippen molar-refractivity contribution < 1.29 is 18.7 Å². The van der Waals surface area contributed by atoms with Crippen LogP contribution in [-0.2, 0) is 4.79 Å². The lowest BCUT2D eigenvalue weighted by atomic mass is 9.96. The average Bonchev–Trinajstić information content (AvgIpc) is 2.77. The normalized spacial score (nSPS) is 16.6. The Hall–Kier alpha value is -3.67. The van der Waals surface area contributed by atoms with Crippen molar-refractivity contribution in [2.24, 2.45) is 5.10 Å². The highest BCUT2D eigenvalue weighted by Gasteiger charge is 2.26. The number of halogens is 1. The SMILES string of the molecule is O=C(COc1ccccc1F)NN=C1CC(c2ccccc2)Oc2ccccc21. The molecule has 0 bridgehead atoms. The molecule has 0 fully saturated rings. The van der Waals surface area contributed by atoms with Crippen molar-refractivity contribution in [2.75, 3.05) is 6.61 Å². The number of para-hydroxylation sites is 2. The number of carbonyl (C=O) groups excluding carboxylic acids is 1. The molecule has 5 nitrogen and oxygen atoms in total. The molecule has 3 aromatic carbocycles. The molecular weight excluding hydrogens is 371 g/mol. The molecule has 0 radical (unpaired) electrons. The lowest BCUT2D eigenvalue weighted by Gasteiger charge is -2.27. The van der Waals surface area contributed by atoms with E-state index >= 15 is 0 Å². The zero-order valence-electron chi connectivity index (χ0n) is 15.5. The Morgan fingerprint density at radius 2 is 1.76 bits per heavy atom. The van der Waals surface area contributed by atoms with Crippen molar-refractivity contribution in [1.82, 2.24) is 5.43 Å². The molecule has 29 heavy (non-hydrogen) atoms. The first-order valence-electron chi connectivity index (χ1n) is 9.24. The molecule has 0 spiro atoms. The zero-order chi connectivity index (χ0) is 20.1. The third-order valence-electron chi connectivity index (χ3n) is 4.53. The number of benzene rings is 3. The van der Waals surface area contributed by atoms with Crippen molar-refractivity contribution in [3.63, 3.8) is 0 Å². The topological polar surface area (TPSA) is 59.9 Å². The minimum atomic E-state index is -0.518. The molecule has 0 aliphatic carbocycles. The van der Waals surface area contributed by atoms with Gasteiger partial charge in [0.25, 0.3) is 5.91 Å². The molecule has 6 heteroatoms. The van der Waals surface area contributed by atoms with Crippen molar-refractivity contribution >= 4 is 11.6 Å². The number of nitrogens with one attached hydrogen (secondary N) is 1. The quantitative estimate of drug-likeness (QED) is 0.663. The van der Waals surface area contributed by atoms with Crippen LogP contribution < -0.4 is 14.9 Å². The maximum atomic E-state index is 13.6. The Balaban J connectivity index is 1.48. The summed E-state index contributed by atoms with van der Waals surface area (Å²) in [5, 5.41) is 4.30. The highest BCUT2D eigenvalue weighted by Crippen LogP contribution is 2.34. The van der Waals surface area contributed by atoms with Gasteiger partial charge in [0.15, 0.2) is 18.2 Å². The Morgan fingerprint density at radius 3 is 2.59 bits per heavy atom. The molecular formula is C23H19FN2O3. The maximum Gasteiger partial charge on any atom is 0.277 e. The first-order chi connectivity index (χ1) is 14.2. The fourth-order valence-electron chi connectivity index (χ4n) is 3.11. The van der Waals surface area contributed by atoms with Crippen LogP contribution in [0.15, 0.2) is 84.0 Å². The highest BCUT2D eigenvalue weighted by atomic mass is 19.1. The molecule has 146 valence electrons. The van der Waals surface area contributed by atoms with E-state index in [-0.39, 0.29) is 18.5 Å². The van der Waals surface area contributed by atoms with Crippen LogP contribution in [0, 0.1) is 5.82 Å². The van der Waals surface area contributed by atoms with Gasteiger partial charge in [0.1, 0.15) is 11.9 Å². The second-order valence-electron chi connectivity index (χ2n) is 6.53. The van der Waals surface area contributed by atoms with Gasteiger partial charge in [-0.15, -0.1) is 0 Å². The van der Waals surface area contributed by atoms with E-state index in [1.807, 2.05) is 54.6 Å². The van der Waals surface area contributed by atoms with Gasteiger partial charge in [0.2, 0.25) is 0 Å². The summed E-state index contributed by atoms with van der Waals surface area (Å²) in [6.45, 7) is -0.335. The van der Waals surface area contributed by atoms with E-state index in [0.717, 1.165) is 11.1 Å². The monoisotopic (exact) mass is 390 g/mol. The fraction of sp³-hybridized carbons (Fsp3) is 0.130. The Morgan fingerprint density at radius 1 is 1.03 bits per heavy atom. The van der Waals surface area contributed by atoms with Gasteiger partial charge in [-0.05, 0) is 29.8 Å². The fourth-order valence-corrected chi connectivity index (χ4v) is 3.11. The van der Waals surface area contributed by atoms with E-state index in [4.69, 9.17) is 9.47 Å². The molecule has 1 heterocycles. The Labute approximate surface area is 167 Å². The summed E-state index contributed by atoms with van der Waals surface area (Å²) in [6, 6.07) is 23.4. The third-order valence-corrected chi connectivity index (χ3v) is 4.53. The van der Waals surface area contributed by atoms with Gasteiger partial charge in [0.05, 0.1) is 5.71 Å². The molecule has 4 rings (SSSR count). The van der Waals surface area contributed by atoms with E-state index in [0.29, 0.717) is 17.9 Å². The number of fused-ring (bicyclic) bond motifs is 1. The summed E-state index contributed by atoms with van der Waals surface area (Å²) in [5.74, 6) is -0.254. The molecule has 1 aliphatic heterocycles. The molecule has 1 aliphatic rings. The van der Waals surface area contributed by atoms with Crippen LogP contribution in [0.3, 0.4) is 0 Å². The number of hydrogen-bond donors (Lipinski definition) is 1.